The van der Waals surface area contributed by atoms with Crippen molar-refractivity contribution in [1.82, 2.24) is 0 Å². The minimum atomic E-state index is -0.724. The Bertz CT molecular complexity index is 664. The number of benzene rings is 1. The SMILES string of the molecule is CCCC=C[C@@H]1CC[C@H]2[C@H](CC[C@H]3C[C@H](c4ccc(F)c(F)c4)CC[C@@H]32)C1. The molecule has 1 aromatic rings. The Hall–Kier alpha value is -1.18. The molecule has 2 heteroatoms. The molecule has 0 spiro atoms. The van der Waals surface area contributed by atoms with Gasteiger partial charge >= 0.3 is 0 Å². The normalized spacial score (nSPS) is 36.4. The summed E-state index contributed by atoms with van der Waals surface area (Å²) in [5.41, 5.74) is 1.01. The van der Waals surface area contributed by atoms with Crippen LogP contribution in [-0.4, -0.2) is 0 Å². The van der Waals surface area contributed by atoms with Gasteiger partial charge in [0.2, 0.25) is 0 Å². The van der Waals surface area contributed by atoms with Gasteiger partial charge in [0.05, 0.1) is 0 Å². The van der Waals surface area contributed by atoms with Crippen molar-refractivity contribution in [1.29, 1.82) is 0 Å². The van der Waals surface area contributed by atoms with E-state index in [1.807, 2.05) is 6.07 Å². The van der Waals surface area contributed by atoms with Gasteiger partial charge in [-0.1, -0.05) is 31.6 Å². The second-order valence-corrected chi connectivity index (χ2v) is 9.40. The molecule has 148 valence electrons. The van der Waals surface area contributed by atoms with Crippen molar-refractivity contribution in [2.24, 2.45) is 29.6 Å². The highest BCUT2D eigenvalue weighted by molar-refractivity contribution is 5.23. The van der Waals surface area contributed by atoms with Gasteiger partial charge in [0.15, 0.2) is 11.6 Å². The first kappa shape index (κ1) is 19.2. The van der Waals surface area contributed by atoms with Crippen LogP contribution in [0.5, 0.6) is 0 Å². The first-order chi connectivity index (χ1) is 13.2. The van der Waals surface area contributed by atoms with Crippen molar-refractivity contribution in [2.45, 2.75) is 77.0 Å². The smallest absolute Gasteiger partial charge is 0.159 e. The Morgan fingerprint density at radius 2 is 1.63 bits per heavy atom. The first-order valence-electron chi connectivity index (χ1n) is 11.3. The van der Waals surface area contributed by atoms with Crippen LogP contribution in [0.15, 0.2) is 30.4 Å². The second kappa shape index (κ2) is 8.45. The van der Waals surface area contributed by atoms with Crippen LogP contribution >= 0.6 is 0 Å². The van der Waals surface area contributed by atoms with Crippen molar-refractivity contribution < 1.29 is 8.78 Å². The largest absolute Gasteiger partial charge is 0.204 e. The van der Waals surface area contributed by atoms with Gasteiger partial charge in [-0.25, -0.2) is 8.78 Å². The molecule has 4 rings (SSSR count). The first-order valence-corrected chi connectivity index (χ1v) is 11.3. The Kier molecular flexibility index (Phi) is 5.99. The average molecular weight is 373 g/mol. The molecular formula is C25H34F2. The number of allylic oxidation sites excluding steroid dienone is 2. The van der Waals surface area contributed by atoms with Crippen molar-refractivity contribution in [3.8, 4) is 0 Å². The highest BCUT2D eigenvalue weighted by atomic mass is 19.2. The van der Waals surface area contributed by atoms with Gasteiger partial charge in [-0.15, -0.1) is 0 Å². The Balaban J connectivity index is 1.38. The average Bonchev–Trinajstić information content (AvgIpc) is 2.69. The maximum absolute atomic E-state index is 13.7. The lowest BCUT2D eigenvalue weighted by Crippen LogP contribution is -2.41. The number of fused-ring (bicyclic) bond motifs is 3. The van der Waals surface area contributed by atoms with E-state index in [1.54, 1.807) is 0 Å². The zero-order valence-electron chi connectivity index (χ0n) is 16.7. The van der Waals surface area contributed by atoms with E-state index in [9.17, 15) is 8.78 Å². The molecule has 0 aliphatic heterocycles. The minimum absolute atomic E-state index is 0.422. The van der Waals surface area contributed by atoms with E-state index in [-0.39, 0.29) is 0 Å². The summed E-state index contributed by atoms with van der Waals surface area (Å²) in [6, 6.07) is 4.56. The molecule has 0 radical (unpaired) electrons. The predicted octanol–water partition coefficient (Wildman–Crippen LogP) is 7.65. The molecule has 0 saturated heterocycles. The predicted molar refractivity (Wildman–Crippen MR) is 108 cm³/mol. The van der Waals surface area contributed by atoms with Crippen LogP contribution < -0.4 is 0 Å². The van der Waals surface area contributed by atoms with Gasteiger partial charge < -0.3 is 0 Å². The van der Waals surface area contributed by atoms with E-state index in [4.69, 9.17) is 0 Å². The molecule has 0 N–H and O–H groups in total. The summed E-state index contributed by atoms with van der Waals surface area (Å²) in [5.74, 6) is 3.35. The lowest BCUT2D eigenvalue weighted by Gasteiger charge is -2.50. The van der Waals surface area contributed by atoms with Crippen molar-refractivity contribution in [3.63, 3.8) is 0 Å². The van der Waals surface area contributed by atoms with Crippen LogP contribution in [0.25, 0.3) is 0 Å². The van der Waals surface area contributed by atoms with E-state index in [2.05, 4.69) is 19.1 Å². The number of rotatable bonds is 4. The van der Waals surface area contributed by atoms with Crippen LogP contribution in [0.4, 0.5) is 8.78 Å². The van der Waals surface area contributed by atoms with E-state index < -0.39 is 11.6 Å². The molecule has 0 aromatic heterocycles. The minimum Gasteiger partial charge on any atom is -0.204 e. The van der Waals surface area contributed by atoms with E-state index in [0.29, 0.717) is 5.92 Å². The highest BCUT2D eigenvalue weighted by Crippen LogP contribution is 2.54. The quantitative estimate of drug-likeness (QED) is 0.476. The maximum atomic E-state index is 13.7. The molecule has 0 bridgehead atoms. The van der Waals surface area contributed by atoms with Crippen molar-refractivity contribution in [2.75, 3.05) is 0 Å². The Morgan fingerprint density at radius 3 is 2.37 bits per heavy atom. The third-order valence-electron chi connectivity index (χ3n) is 7.86. The fraction of sp³-hybridized carbons (Fsp3) is 0.680. The lowest BCUT2D eigenvalue weighted by atomic mass is 9.55. The zero-order chi connectivity index (χ0) is 18.8. The van der Waals surface area contributed by atoms with Gasteiger partial charge in [0.25, 0.3) is 0 Å². The fourth-order valence-electron chi connectivity index (χ4n) is 6.53. The number of hydrogen-bond acceptors (Lipinski definition) is 0. The molecule has 6 atom stereocenters. The summed E-state index contributed by atoms with van der Waals surface area (Å²) in [4.78, 5) is 0. The summed E-state index contributed by atoms with van der Waals surface area (Å²) in [5, 5.41) is 0. The fourth-order valence-corrected chi connectivity index (χ4v) is 6.53. The molecule has 1 aromatic carbocycles. The monoisotopic (exact) mass is 372 g/mol. The Labute approximate surface area is 163 Å². The topological polar surface area (TPSA) is 0 Å². The van der Waals surface area contributed by atoms with Crippen LogP contribution in [0.1, 0.15) is 82.6 Å². The summed E-state index contributed by atoms with van der Waals surface area (Å²) in [6.07, 6.45) is 17.9. The third-order valence-corrected chi connectivity index (χ3v) is 7.86. The van der Waals surface area contributed by atoms with Gasteiger partial charge in [0, 0.05) is 0 Å². The Morgan fingerprint density at radius 1 is 0.889 bits per heavy atom. The van der Waals surface area contributed by atoms with Crippen molar-refractivity contribution in [3.05, 3.63) is 47.5 Å². The molecule has 3 saturated carbocycles. The standard InChI is InChI=1S/C25H34F2/c1-2-3-4-5-17-6-11-22-20(14-17)7-8-21-15-18(9-12-23(21)22)19-10-13-24(26)25(27)16-19/h4-5,10,13,16-18,20-23H,2-3,6-9,11-12,14-15H2,1H3/t17-,18-,20-,21+,22+,23+/m1/s1. The number of unbranched alkanes of at least 4 members (excludes halogenated alkanes) is 1. The number of hydrogen-bond donors (Lipinski definition) is 0. The van der Waals surface area contributed by atoms with Crippen LogP contribution in [0, 0.1) is 41.2 Å². The molecular weight excluding hydrogens is 338 g/mol. The van der Waals surface area contributed by atoms with Crippen molar-refractivity contribution >= 4 is 0 Å². The molecule has 27 heavy (non-hydrogen) atoms. The second-order valence-electron chi connectivity index (χ2n) is 9.40. The van der Waals surface area contributed by atoms with E-state index in [1.165, 1.54) is 69.9 Å². The summed E-state index contributed by atoms with van der Waals surface area (Å²) >= 11 is 0. The molecule has 3 aliphatic rings. The maximum Gasteiger partial charge on any atom is 0.159 e. The van der Waals surface area contributed by atoms with Crippen LogP contribution in [-0.2, 0) is 0 Å². The number of halogens is 2. The van der Waals surface area contributed by atoms with E-state index in [0.717, 1.165) is 41.6 Å². The van der Waals surface area contributed by atoms with Gasteiger partial charge in [-0.3, -0.25) is 0 Å². The van der Waals surface area contributed by atoms with Crippen LogP contribution in [0.3, 0.4) is 0 Å². The summed E-state index contributed by atoms with van der Waals surface area (Å²) in [6.45, 7) is 2.25. The van der Waals surface area contributed by atoms with Gasteiger partial charge in [0.1, 0.15) is 0 Å². The molecule has 0 unspecified atom stereocenters. The third kappa shape index (κ3) is 4.15. The molecule has 3 aliphatic carbocycles. The highest BCUT2D eigenvalue weighted by Gasteiger charge is 2.44. The summed E-state index contributed by atoms with van der Waals surface area (Å²) in [7, 11) is 0. The molecule has 0 heterocycles. The molecule has 0 amide bonds. The zero-order valence-corrected chi connectivity index (χ0v) is 16.7. The lowest BCUT2D eigenvalue weighted by molar-refractivity contribution is 0.0127. The van der Waals surface area contributed by atoms with Gasteiger partial charge in [-0.2, -0.15) is 0 Å². The summed E-state index contributed by atoms with van der Waals surface area (Å²) < 4.78 is 26.9. The van der Waals surface area contributed by atoms with Gasteiger partial charge in [-0.05, 0) is 111 Å². The van der Waals surface area contributed by atoms with Crippen LogP contribution in [0.2, 0.25) is 0 Å². The molecule has 3 fully saturated rings. The van der Waals surface area contributed by atoms with E-state index >= 15 is 0 Å². The molecule has 0 nitrogen and oxygen atoms in total.